The van der Waals surface area contributed by atoms with Crippen LogP contribution in [0.1, 0.15) is 38.2 Å². The zero-order valence-electron chi connectivity index (χ0n) is 13.9. The summed E-state index contributed by atoms with van der Waals surface area (Å²) in [6.45, 7) is 10.3. The van der Waals surface area contributed by atoms with Gasteiger partial charge in [-0.05, 0) is 62.9 Å². The van der Waals surface area contributed by atoms with Crippen LogP contribution in [0.3, 0.4) is 0 Å². The molecule has 0 radical (unpaired) electrons. The maximum atomic E-state index is 12.2. The smallest absolute Gasteiger partial charge is 0.187 e. The third-order valence-electron chi connectivity index (χ3n) is 3.93. The molecule has 0 aromatic heterocycles. The van der Waals surface area contributed by atoms with Gasteiger partial charge in [0.2, 0.25) is 0 Å². The molecule has 0 aliphatic carbocycles. The standard InChI is InChI=1S/C20H23NO/c1-13-10-16(4)20(17(5)11-13)21-9-8-19(22)18-7-6-14(2)15(3)12-18/h6-12,21H,1-5H3. The fourth-order valence-electron chi connectivity index (χ4n) is 2.60. The molecule has 2 aromatic rings. The van der Waals surface area contributed by atoms with Crippen LogP contribution in [0.15, 0.2) is 42.6 Å². The minimum Gasteiger partial charge on any atom is -0.361 e. The third kappa shape index (κ3) is 3.64. The van der Waals surface area contributed by atoms with E-state index in [4.69, 9.17) is 0 Å². The minimum atomic E-state index is 0.0121. The number of ketones is 1. The van der Waals surface area contributed by atoms with Crippen molar-refractivity contribution in [2.75, 3.05) is 5.32 Å². The molecule has 2 aromatic carbocycles. The summed E-state index contributed by atoms with van der Waals surface area (Å²) in [4.78, 5) is 12.2. The molecule has 114 valence electrons. The van der Waals surface area contributed by atoms with Crippen molar-refractivity contribution in [3.63, 3.8) is 0 Å². The minimum absolute atomic E-state index is 0.0121. The zero-order valence-corrected chi connectivity index (χ0v) is 13.9. The Labute approximate surface area is 132 Å². The maximum Gasteiger partial charge on any atom is 0.187 e. The van der Waals surface area contributed by atoms with Crippen LogP contribution in [0.4, 0.5) is 5.69 Å². The fourth-order valence-corrected chi connectivity index (χ4v) is 2.60. The first-order valence-electron chi connectivity index (χ1n) is 7.51. The van der Waals surface area contributed by atoms with Gasteiger partial charge in [0, 0.05) is 23.5 Å². The van der Waals surface area contributed by atoms with Crippen molar-refractivity contribution in [1.29, 1.82) is 0 Å². The van der Waals surface area contributed by atoms with Gasteiger partial charge in [0.25, 0.3) is 0 Å². The summed E-state index contributed by atoms with van der Waals surface area (Å²) in [6.07, 6.45) is 3.31. The van der Waals surface area contributed by atoms with E-state index in [-0.39, 0.29) is 5.78 Å². The van der Waals surface area contributed by atoms with Gasteiger partial charge in [0.1, 0.15) is 0 Å². The number of anilines is 1. The number of benzene rings is 2. The number of hydrogen-bond acceptors (Lipinski definition) is 2. The molecule has 0 saturated carbocycles. The summed E-state index contributed by atoms with van der Waals surface area (Å²) in [5.74, 6) is 0.0121. The monoisotopic (exact) mass is 293 g/mol. The highest BCUT2D eigenvalue weighted by molar-refractivity contribution is 6.04. The molecule has 0 fully saturated rings. The Morgan fingerprint density at radius 3 is 2.09 bits per heavy atom. The summed E-state index contributed by atoms with van der Waals surface area (Å²) in [5, 5.41) is 3.23. The SMILES string of the molecule is Cc1cc(C)c(NC=CC(=O)c2ccc(C)c(C)c2)c(C)c1. The average molecular weight is 293 g/mol. The first-order valence-corrected chi connectivity index (χ1v) is 7.51. The van der Waals surface area contributed by atoms with Crippen molar-refractivity contribution in [1.82, 2.24) is 0 Å². The van der Waals surface area contributed by atoms with Crippen molar-refractivity contribution in [2.24, 2.45) is 0 Å². The van der Waals surface area contributed by atoms with Crippen LogP contribution in [-0.2, 0) is 0 Å². The lowest BCUT2D eigenvalue weighted by molar-refractivity contribution is 0.104. The summed E-state index contributed by atoms with van der Waals surface area (Å²) in [5.41, 5.74) is 7.73. The lowest BCUT2D eigenvalue weighted by Crippen LogP contribution is -1.99. The number of hydrogen-bond donors (Lipinski definition) is 1. The van der Waals surface area contributed by atoms with E-state index < -0.39 is 0 Å². The second-order valence-corrected chi connectivity index (χ2v) is 5.91. The summed E-state index contributed by atoms with van der Waals surface area (Å²) in [6, 6.07) is 10.1. The Morgan fingerprint density at radius 1 is 0.864 bits per heavy atom. The topological polar surface area (TPSA) is 29.1 Å². The highest BCUT2D eigenvalue weighted by Gasteiger charge is 2.04. The van der Waals surface area contributed by atoms with E-state index in [1.165, 1.54) is 22.3 Å². The summed E-state index contributed by atoms with van der Waals surface area (Å²) in [7, 11) is 0. The van der Waals surface area contributed by atoms with Crippen molar-refractivity contribution >= 4 is 11.5 Å². The Hall–Kier alpha value is -2.35. The third-order valence-corrected chi connectivity index (χ3v) is 3.93. The van der Waals surface area contributed by atoms with Gasteiger partial charge in [-0.2, -0.15) is 0 Å². The molecule has 0 amide bonds. The molecule has 0 spiro atoms. The van der Waals surface area contributed by atoms with Crippen LogP contribution in [-0.4, -0.2) is 5.78 Å². The van der Waals surface area contributed by atoms with E-state index in [9.17, 15) is 4.79 Å². The Balaban J connectivity index is 2.12. The lowest BCUT2D eigenvalue weighted by atomic mass is 10.0. The van der Waals surface area contributed by atoms with Gasteiger partial charge >= 0.3 is 0 Å². The first kappa shape index (κ1) is 16.0. The molecule has 1 N–H and O–H groups in total. The van der Waals surface area contributed by atoms with Crippen molar-refractivity contribution < 1.29 is 4.79 Å². The Kier molecular flexibility index (Phi) is 4.81. The highest BCUT2D eigenvalue weighted by Crippen LogP contribution is 2.21. The van der Waals surface area contributed by atoms with Gasteiger partial charge in [-0.1, -0.05) is 29.8 Å². The number of rotatable bonds is 4. The molecule has 0 bridgehead atoms. The average Bonchev–Trinajstić information content (AvgIpc) is 2.44. The Bertz CT molecular complexity index is 718. The highest BCUT2D eigenvalue weighted by atomic mass is 16.1. The molecule has 0 saturated heterocycles. The first-order chi connectivity index (χ1) is 10.4. The van der Waals surface area contributed by atoms with E-state index in [0.717, 1.165) is 16.8 Å². The molecule has 0 atom stereocenters. The Morgan fingerprint density at radius 2 is 1.50 bits per heavy atom. The van der Waals surface area contributed by atoms with Gasteiger partial charge in [-0.3, -0.25) is 4.79 Å². The fraction of sp³-hybridized carbons (Fsp3) is 0.250. The summed E-state index contributed by atoms with van der Waals surface area (Å²) >= 11 is 0. The molecular formula is C20H23NO. The molecule has 2 nitrogen and oxygen atoms in total. The largest absolute Gasteiger partial charge is 0.361 e. The molecule has 0 aliphatic heterocycles. The number of nitrogens with one attached hydrogen (secondary N) is 1. The van der Waals surface area contributed by atoms with E-state index in [1.807, 2.05) is 32.0 Å². The van der Waals surface area contributed by atoms with E-state index in [1.54, 1.807) is 12.3 Å². The number of carbonyl (C=O) groups is 1. The predicted octanol–water partition coefficient (Wildman–Crippen LogP) is 5.04. The molecule has 2 heteroatoms. The number of carbonyl (C=O) groups excluding carboxylic acids is 1. The molecule has 2 rings (SSSR count). The van der Waals surface area contributed by atoms with Crippen molar-refractivity contribution in [3.8, 4) is 0 Å². The second kappa shape index (κ2) is 6.61. The van der Waals surface area contributed by atoms with Crippen LogP contribution >= 0.6 is 0 Å². The van der Waals surface area contributed by atoms with E-state index in [0.29, 0.717) is 0 Å². The normalized spacial score (nSPS) is 11.0. The van der Waals surface area contributed by atoms with Crippen LogP contribution in [0.5, 0.6) is 0 Å². The van der Waals surface area contributed by atoms with E-state index in [2.05, 4.69) is 38.2 Å². The van der Waals surface area contributed by atoms with Crippen molar-refractivity contribution in [2.45, 2.75) is 34.6 Å². The van der Waals surface area contributed by atoms with E-state index >= 15 is 0 Å². The number of aryl methyl sites for hydroxylation is 5. The van der Waals surface area contributed by atoms with Gasteiger partial charge < -0.3 is 5.32 Å². The molecule has 0 aliphatic rings. The van der Waals surface area contributed by atoms with Gasteiger partial charge in [0.15, 0.2) is 5.78 Å². The van der Waals surface area contributed by atoms with Gasteiger partial charge in [-0.25, -0.2) is 0 Å². The van der Waals surface area contributed by atoms with Crippen molar-refractivity contribution in [3.05, 3.63) is 76.0 Å². The predicted molar refractivity (Wildman–Crippen MR) is 93.7 cm³/mol. The van der Waals surface area contributed by atoms with Crippen LogP contribution in [0.25, 0.3) is 0 Å². The lowest BCUT2D eigenvalue weighted by Gasteiger charge is -2.10. The molecular weight excluding hydrogens is 270 g/mol. The summed E-state index contributed by atoms with van der Waals surface area (Å²) < 4.78 is 0. The second-order valence-electron chi connectivity index (χ2n) is 5.91. The number of allylic oxidation sites excluding steroid dienone is 1. The van der Waals surface area contributed by atoms with Gasteiger partial charge in [0.05, 0.1) is 0 Å². The molecule has 0 unspecified atom stereocenters. The molecule has 22 heavy (non-hydrogen) atoms. The van der Waals surface area contributed by atoms with Gasteiger partial charge in [-0.15, -0.1) is 0 Å². The maximum absolute atomic E-state index is 12.2. The van der Waals surface area contributed by atoms with Crippen LogP contribution in [0, 0.1) is 34.6 Å². The van der Waals surface area contributed by atoms with Crippen LogP contribution < -0.4 is 5.32 Å². The quantitative estimate of drug-likeness (QED) is 0.632. The molecule has 0 heterocycles. The van der Waals surface area contributed by atoms with Crippen LogP contribution in [0.2, 0.25) is 0 Å². The zero-order chi connectivity index (χ0) is 16.3.